The quantitative estimate of drug-likeness (QED) is 0.0811. The van der Waals surface area contributed by atoms with E-state index in [-0.39, 0.29) is 39.4 Å². The lowest BCUT2D eigenvalue weighted by Crippen LogP contribution is -2.55. The lowest BCUT2D eigenvalue weighted by Gasteiger charge is -2.35. The van der Waals surface area contributed by atoms with Gasteiger partial charge in [0.2, 0.25) is 0 Å². The number of esters is 1. The first-order valence-electron chi connectivity index (χ1n) is 15.0. The zero-order valence-corrected chi connectivity index (χ0v) is 25.4. The fourth-order valence-electron chi connectivity index (χ4n) is 7.19. The normalized spacial score (nSPS) is 15.4. The van der Waals surface area contributed by atoms with Crippen molar-refractivity contribution in [1.82, 2.24) is 9.80 Å². The number of carboxylic acid groups (broad SMARTS) is 3. The van der Waals surface area contributed by atoms with Crippen LogP contribution in [0.2, 0.25) is 0 Å². The van der Waals surface area contributed by atoms with E-state index in [1.54, 1.807) is 24.3 Å². The van der Waals surface area contributed by atoms with Gasteiger partial charge in [0.25, 0.3) is 23.6 Å². The van der Waals surface area contributed by atoms with E-state index in [4.69, 9.17) is 0 Å². The number of ether oxygens (including phenoxy) is 1. The van der Waals surface area contributed by atoms with E-state index < -0.39 is 78.9 Å². The van der Waals surface area contributed by atoms with Crippen molar-refractivity contribution in [3.8, 4) is 0 Å². The number of methoxy groups -OCH3 is 1. The molecule has 7 rings (SSSR count). The lowest BCUT2D eigenvalue weighted by atomic mass is 9.82. The van der Waals surface area contributed by atoms with Crippen molar-refractivity contribution in [2.24, 2.45) is 0 Å². The van der Waals surface area contributed by atoms with Crippen molar-refractivity contribution in [3.05, 3.63) is 70.8 Å². The van der Waals surface area contributed by atoms with E-state index >= 15 is 0 Å². The molecule has 0 radical (unpaired) electrons. The molecule has 14 heteroatoms. The molecule has 246 valence electrons. The molecule has 0 aromatic heterocycles. The van der Waals surface area contributed by atoms with Crippen LogP contribution in [0.5, 0.6) is 0 Å². The number of imide groups is 2. The molecule has 2 aliphatic heterocycles. The summed E-state index contributed by atoms with van der Waals surface area (Å²) >= 11 is 0. The van der Waals surface area contributed by atoms with Crippen molar-refractivity contribution in [2.45, 2.75) is 37.8 Å². The number of benzene rings is 5. The van der Waals surface area contributed by atoms with Gasteiger partial charge in [0.05, 0.1) is 31.1 Å². The predicted molar refractivity (Wildman–Crippen MR) is 162 cm³/mol. The van der Waals surface area contributed by atoms with Crippen LogP contribution in [-0.4, -0.2) is 76.5 Å². The third kappa shape index (κ3) is 4.40. The minimum atomic E-state index is -1.86. The number of hydrogen-bond acceptors (Lipinski definition) is 12. The van der Waals surface area contributed by atoms with Crippen LogP contribution >= 0.6 is 0 Å². The summed E-state index contributed by atoms with van der Waals surface area (Å²) in [5.41, 5.74) is 0.0920. The van der Waals surface area contributed by atoms with Crippen LogP contribution in [0.1, 0.15) is 67.1 Å². The largest absolute Gasteiger partial charge is 0.550 e. The number of amides is 4. The highest BCUT2D eigenvalue weighted by Gasteiger charge is 2.41. The lowest BCUT2D eigenvalue weighted by molar-refractivity contribution is -0.312. The van der Waals surface area contributed by atoms with Gasteiger partial charge in [0.1, 0.15) is 0 Å². The monoisotopic (exact) mass is 661 g/mol. The molecule has 14 nitrogen and oxygen atoms in total. The molecule has 2 unspecified atom stereocenters. The third-order valence-corrected chi connectivity index (χ3v) is 9.34. The number of aliphatic carboxylic acids is 3. The number of carbonyl (C=O) groups is 8. The number of rotatable bonds is 10. The Kier molecular flexibility index (Phi) is 7.05. The van der Waals surface area contributed by atoms with Gasteiger partial charge >= 0.3 is 5.97 Å². The second-order valence-corrected chi connectivity index (χ2v) is 11.8. The van der Waals surface area contributed by atoms with Crippen molar-refractivity contribution < 1.29 is 58.4 Å². The van der Waals surface area contributed by atoms with Crippen LogP contribution in [0.4, 0.5) is 0 Å². The Hall–Kier alpha value is -6.44. The zero-order valence-electron chi connectivity index (χ0n) is 25.4. The Morgan fingerprint density at radius 1 is 0.551 bits per heavy atom. The summed E-state index contributed by atoms with van der Waals surface area (Å²) in [6, 6.07) is 8.51. The Labute approximate surface area is 274 Å². The molecule has 0 aliphatic carbocycles. The van der Waals surface area contributed by atoms with E-state index in [0.29, 0.717) is 42.1 Å². The maximum absolute atomic E-state index is 13.8. The molecule has 0 saturated heterocycles. The molecular formula is C35H21N2O12-3. The SMILES string of the molecule is COC(=O)CCC(C(=O)[O-])N1C(=O)c2ccc3c4ccc5c6c(ccc(c7ccc(c2c37)C1=O)c64)C(=O)N(C(CCC(=O)[O-])C(=O)[O-])C5=O. The summed E-state index contributed by atoms with van der Waals surface area (Å²) in [7, 11) is 1.12. The molecular weight excluding hydrogens is 640 g/mol. The number of carbonyl (C=O) groups excluding carboxylic acids is 8. The minimum Gasteiger partial charge on any atom is -0.550 e. The van der Waals surface area contributed by atoms with Crippen molar-refractivity contribution in [3.63, 3.8) is 0 Å². The Bertz CT molecular complexity index is 2280. The van der Waals surface area contributed by atoms with Gasteiger partial charge in [-0.25, -0.2) is 0 Å². The van der Waals surface area contributed by atoms with Gasteiger partial charge < -0.3 is 34.4 Å². The molecule has 4 amide bonds. The first-order valence-corrected chi connectivity index (χ1v) is 15.0. The van der Waals surface area contributed by atoms with E-state index in [2.05, 4.69) is 4.74 Å². The Morgan fingerprint density at radius 2 is 0.878 bits per heavy atom. The fourth-order valence-corrected chi connectivity index (χ4v) is 7.19. The van der Waals surface area contributed by atoms with Crippen LogP contribution in [0.3, 0.4) is 0 Å². The highest BCUT2D eigenvalue weighted by atomic mass is 16.5. The average Bonchev–Trinajstić information content (AvgIpc) is 3.07. The van der Waals surface area contributed by atoms with Crippen molar-refractivity contribution in [1.29, 1.82) is 0 Å². The van der Waals surface area contributed by atoms with Gasteiger partial charge in [-0.3, -0.25) is 33.8 Å². The summed E-state index contributed by atoms with van der Waals surface area (Å²) < 4.78 is 4.57. The van der Waals surface area contributed by atoms with Gasteiger partial charge in [-0.05, 0) is 75.8 Å². The van der Waals surface area contributed by atoms with Crippen LogP contribution in [-0.2, 0) is 23.9 Å². The van der Waals surface area contributed by atoms with E-state index in [9.17, 15) is 53.7 Å². The summed E-state index contributed by atoms with van der Waals surface area (Å²) in [5, 5.41) is 38.8. The molecule has 5 aromatic rings. The Morgan fingerprint density at radius 3 is 1.16 bits per heavy atom. The molecule has 0 N–H and O–H groups in total. The van der Waals surface area contributed by atoms with Crippen LogP contribution in [0, 0.1) is 0 Å². The van der Waals surface area contributed by atoms with Crippen LogP contribution in [0.15, 0.2) is 48.5 Å². The summed E-state index contributed by atoms with van der Waals surface area (Å²) in [4.78, 5) is 103. The molecule has 0 saturated carbocycles. The topological polar surface area (TPSA) is 221 Å². The minimum absolute atomic E-state index is 0.00484. The second-order valence-electron chi connectivity index (χ2n) is 11.8. The summed E-state index contributed by atoms with van der Waals surface area (Å²) in [6.07, 6.45) is -2.14. The van der Waals surface area contributed by atoms with Gasteiger partial charge in [-0.15, -0.1) is 0 Å². The number of fused-ring (bicyclic) bond motifs is 2. The summed E-state index contributed by atoms with van der Waals surface area (Å²) in [5.74, 6) is -9.50. The molecule has 0 spiro atoms. The van der Waals surface area contributed by atoms with Crippen LogP contribution in [0.25, 0.3) is 43.1 Å². The van der Waals surface area contributed by atoms with Gasteiger partial charge in [0.15, 0.2) is 0 Å². The maximum atomic E-state index is 13.8. The number of carboxylic acids is 3. The molecule has 2 aliphatic rings. The highest BCUT2D eigenvalue weighted by molar-refractivity contribution is 6.41. The van der Waals surface area contributed by atoms with Crippen molar-refractivity contribution >= 4 is 90.6 Å². The zero-order chi connectivity index (χ0) is 35.0. The molecule has 5 aromatic carbocycles. The predicted octanol–water partition coefficient (Wildman–Crippen LogP) is -0.350. The fraction of sp³-hybridized carbons (Fsp3) is 0.200. The van der Waals surface area contributed by atoms with E-state index in [0.717, 1.165) is 7.11 Å². The van der Waals surface area contributed by atoms with E-state index in [1.807, 2.05) is 0 Å². The first-order chi connectivity index (χ1) is 23.4. The van der Waals surface area contributed by atoms with Crippen LogP contribution < -0.4 is 15.3 Å². The summed E-state index contributed by atoms with van der Waals surface area (Å²) in [6.45, 7) is 0. The smallest absolute Gasteiger partial charge is 0.305 e. The van der Waals surface area contributed by atoms with Crippen molar-refractivity contribution in [2.75, 3.05) is 7.11 Å². The highest BCUT2D eigenvalue weighted by Crippen LogP contribution is 2.46. The van der Waals surface area contributed by atoms with E-state index in [1.165, 1.54) is 24.3 Å². The molecule has 0 fully saturated rings. The third-order valence-electron chi connectivity index (χ3n) is 9.34. The van der Waals surface area contributed by atoms with Gasteiger partial charge in [0, 0.05) is 45.4 Å². The number of nitrogens with zero attached hydrogens (tertiary/aromatic N) is 2. The standard InChI is InChI=1S/C35H24N2O12/c1-49-25(40)13-11-23(35(47)48)37-32(43)20-8-4-16-14-2-6-18-28-19(31(42)36(30(18)41)22(34(45)46)10-12-24(38)39)7-3-15(26(14)28)17-5-9-21(33(37)44)29(20)27(16)17/h2-9,22-23H,10-13H2,1H3,(H,38,39)(H,45,46)(H,47,48)/p-3. The van der Waals surface area contributed by atoms with Gasteiger partial charge in [-0.1, -0.05) is 24.3 Å². The number of hydrogen-bond donors (Lipinski definition) is 0. The maximum Gasteiger partial charge on any atom is 0.305 e. The molecule has 2 heterocycles. The molecule has 2 atom stereocenters. The average molecular weight is 662 g/mol. The van der Waals surface area contributed by atoms with Gasteiger partial charge in [-0.2, -0.15) is 0 Å². The molecule has 49 heavy (non-hydrogen) atoms. The first kappa shape index (κ1) is 31.2. The second kappa shape index (κ2) is 11.1. The molecule has 0 bridgehead atoms. The Balaban J connectivity index is 1.42.